The minimum absolute atomic E-state index is 0.164. The number of fused-ring (bicyclic) bond motifs is 1. The lowest BCUT2D eigenvalue weighted by atomic mass is 10.2. The van der Waals surface area contributed by atoms with Gasteiger partial charge in [-0.25, -0.2) is 15.0 Å². The van der Waals surface area contributed by atoms with E-state index in [1.807, 2.05) is 37.5 Å². The fourth-order valence-electron chi connectivity index (χ4n) is 2.77. The number of benzene rings is 1. The first-order chi connectivity index (χ1) is 14.0. The molecule has 0 saturated carbocycles. The molecule has 0 radical (unpaired) electrons. The summed E-state index contributed by atoms with van der Waals surface area (Å²) in [6.45, 7) is 0.924. The maximum Gasteiger partial charge on any atom is 0.231 e. The quantitative estimate of drug-likeness (QED) is 0.377. The zero-order valence-electron chi connectivity index (χ0n) is 15.9. The van der Waals surface area contributed by atoms with Gasteiger partial charge in [0.15, 0.2) is 16.6 Å². The molecule has 1 aromatic heterocycles. The van der Waals surface area contributed by atoms with Gasteiger partial charge in [0.2, 0.25) is 12.7 Å². The summed E-state index contributed by atoms with van der Waals surface area (Å²) in [7, 11) is 3.65. The Hall–Kier alpha value is -3.60. The number of hydrogen-bond donors (Lipinski definition) is 3. The lowest BCUT2D eigenvalue weighted by Gasteiger charge is -2.16. The third-order valence-corrected chi connectivity index (χ3v) is 4.56. The first kappa shape index (κ1) is 18.7. The van der Waals surface area contributed by atoms with Crippen LogP contribution in [-0.4, -0.2) is 58.8 Å². The highest BCUT2D eigenvalue weighted by molar-refractivity contribution is 7.80. The molecular formula is C18H20N8O2S. The van der Waals surface area contributed by atoms with E-state index in [-0.39, 0.29) is 11.9 Å². The van der Waals surface area contributed by atoms with E-state index in [9.17, 15) is 0 Å². The third kappa shape index (κ3) is 4.14. The van der Waals surface area contributed by atoms with Gasteiger partial charge in [0, 0.05) is 32.0 Å². The molecule has 0 amide bonds. The fourth-order valence-corrected chi connectivity index (χ4v) is 2.82. The molecule has 0 bridgehead atoms. The van der Waals surface area contributed by atoms with Gasteiger partial charge < -0.3 is 30.7 Å². The Morgan fingerprint density at radius 2 is 2.17 bits per heavy atom. The number of nitrogens with one attached hydrogen (secondary N) is 2. The Balaban J connectivity index is 1.66. The second-order valence-electron chi connectivity index (χ2n) is 6.39. The van der Waals surface area contributed by atoms with Crippen LogP contribution in [0.4, 0.5) is 11.6 Å². The van der Waals surface area contributed by atoms with Crippen LogP contribution >= 0.6 is 12.2 Å². The maximum absolute atomic E-state index is 5.58. The first-order valence-electron chi connectivity index (χ1n) is 8.77. The second-order valence-corrected chi connectivity index (χ2v) is 6.81. The molecule has 0 saturated heterocycles. The van der Waals surface area contributed by atoms with E-state index in [1.165, 1.54) is 5.01 Å². The standard InChI is InChI=1S/C18H20N8O2S/c1-25-9-20-8-14(25)13-5-12(7-21-26(2)17(19)29)23-18(24-13)22-11-3-4-15-16(6-11)28-10-27-15/h3-8,20H,9-10H2,1-2H3,(H2,19,29)(H,22,23,24). The van der Waals surface area contributed by atoms with E-state index in [0.29, 0.717) is 29.8 Å². The third-order valence-electron chi connectivity index (χ3n) is 4.30. The fraction of sp³-hybridized carbons (Fsp3) is 0.222. The summed E-state index contributed by atoms with van der Waals surface area (Å²) in [4.78, 5) is 11.2. The van der Waals surface area contributed by atoms with Crippen LogP contribution in [0.1, 0.15) is 11.4 Å². The molecule has 4 N–H and O–H groups in total. The first-order valence-corrected chi connectivity index (χ1v) is 9.18. The Kier molecular flexibility index (Phi) is 5.04. The van der Waals surface area contributed by atoms with E-state index in [0.717, 1.165) is 17.1 Å². The molecule has 1 aromatic carbocycles. The molecule has 29 heavy (non-hydrogen) atoms. The number of aromatic nitrogens is 2. The van der Waals surface area contributed by atoms with E-state index < -0.39 is 0 Å². The molecule has 11 heteroatoms. The van der Waals surface area contributed by atoms with Crippen molar-refractivity contribution in [3.05, 3.63) is 41.9 Å². The highest BCUT2D eigenvalue weighted by atomic mass is 32.1. The van der Waals surface area contributed by atoms with Crippen LogP contribution in [0, 0.1) is 0 Å². The number of ether oxygens (including phenoxy) is 2. The topological polar surface area (TPSA) is 113 Å². The number of hydrazone groups is 1. The molecule has 2 aliphatic rings. The smallest absolute Gasteiger partial charge is 0.231 e. The Morgan fingerprint density at radius 1 is 1.34 bits per heavy atom. The van der Waals surface area contributed by atoms with Crippen molar-refractivity contribution in [2.45, 2.75) is 0 Å². The van der Waals surface area contributed by atoms with Crippen LogP contribution in [0.3, 0.4) is 0 Å². The zero-order valence-corrected chi connectivity index (χ0v) is 16.7. The molecule has 2 aromatic rings. The number of nitrogens with zero attached hydrogens (tertiary/aromatic N) is 5. The van der Waals surface area contributed by atoms with Crippen molar-refractivity contribution in [3.63, 3.8) is 0 Å². The molecule has 4 rings (SSSR count). The van der Waals surface area contributed by atoms with Crippen molar-refractivity contribution in [3.8, 4) is 11.5 Å². The maximum atomic E-state index is 5.58. The van der Waals surface area contributed by atoms with E-state index in [4.69, 9.17) is 27.4 Å². The minimum Gasteiger partial charge on any atom is -0.454 e. The van der Waals surface area contributed by atoms with Gasteiger partial charge in [-0.2, -0.15) is 5.10 Å². The summed E-state index contributed by atoms with van der Waals surface area (Å²) >= 11 is 4.91. The predicted octanol–water partition coefficient (Wildman–Crippen LogP) is 1.25. The minimum atomic E-state index is 0.164. The van der Waals surface area contributed by atoms with Gasteiger partial charge in [-0.3, -0.25) is 0 Å². The molecule has 150 valence electrons. The van der Waals surface area contributed by atoms with E-state index in [2.05, 4.69) is 30.6 Å². The molecule has 0 fully saturated rings. The highest BCUT2D eigenvalue weighted by Crippen LogP contribution is 2.35. The van der Waals surface area contributed by atoms with Gasteiger partial charge in [-0.15, -0.1) is 0 Å². The highest BCUT2D eigenvalue weighted by Gasteiger charge is 2.17. The van der Waals surface area contributed by atoms with Crippen molar-refractivity contribution in [1.82, 2.24) is 25.2 Å². The van der Waals surface area contributed by atoms with Gasteiger partial charge >= 0.3 is 0 Å². The normalized spacial score (nSPS) is 14.7. The summed E-state index contributed by atoms with van der Waals surface area (Å²) in [6, 6.07) is 7.40. The molecule has 10 nitrogen and oxygen atoms in total. The molecule has 0 spiro atoms. The average Bonchev–Trinajstić information content (AvgIpc) is 3.34. The number of thiocarbonyl (C=S) groups is 1. The van der Waals surface area contributed by atoms with E-state index in [1.54, 1.807) is 13.3 Å². The second kappa shape index (κ2) is 7.80. The molecule has 0 unspecified atom stereocenters. The summed E-state index contributed by atoms with van der Waals surface area (Å²) in [6.07, 6.45) is 3.49. The molecule has 3 heterocycles. The zero-order chi connectivity index (χ0) is 20.4. The van der Waals surface area contributed by atoms with E-state index >= 15 is 0 Å². The molecule has 0 atom stereocenters. The van der Waals surface area contributed by atoms with Gasteiger partial charge in [-0.05, 0) is 30.4 Å². The van der Waals surface area contributed by atoms with Gasteiger partial charge in [-0.1, -0.05) is 0 Å². The summed E-state index contributed by atoms with van der Waals surface area (Å²) in [5.41, 5.74) is 8.64. The average molecular weight is 412 g/mol. The number of hydrogen-bond acceptors (Lipinski definition) is 9. The van der Waals surface area contributed by atoms with Crippen LogP contribution in [0.15, 0.2) is 35.6 Å². The monoisotopic (exact) mass is 412 g/mol. The van der Waals surface area contributed by atoms with Crippen LogP contribution in [-0.2, 0) is 0 Å². The Morgan fingerprint density at radius 3 is 2.93 bits per heavy atom. The van der Waals surface area contributed by atoms with Gasteiger partial charge in [0.05, 0.1) is 30.0 Å². The summed E-state index contributed by atoms with van der Waals surface area (Å²) in [5, 5.41) is 12.2. The van der Waals surface area contributed by atoms with Crippen molar-refractivity contribution in [2.75, 3.05) is 32.9 Å². The number of anilines is 2. The summed E-state index contributed by atoms with van der Waals surface area (Å²) < 4.78 is 10.8. The van der Waals surface area contributed by atoms with Crippen LogP contribution in [0.5, 0.6) is 11.5 Å². The molecule has 0 aliphatic carbocycles. The lowest BCUT2D eigenvalue weighted by Crippen LogP contribution is -2.27. The van der Waals surface area contributed by atoms with Crippen LogP contribution in [0.2, 0.25) is 0 Å². The largest absolute Gasteiger partial charge is 0.454 e. The molecular weight excluding hydrogens is 392 g/mol. The predicted molar refractivity (Wildman–Crippen MR) is 114 cm³/mol. The van der Waals surface area contributed by atoms with Crippen molar-refractivity contribution >= 4 is 40.9 Å². The lowest BCUT2D eigenvalue weighted by molar-refractivity contribution is 0.174. The summed E-state index contributed by atoms with van der Waals surface area (Å²) in [5.74, 6) is 1.80. The van der Waals surface area contributed by atoms with Gasteiger partial charge in [0.1, 0.15) is 0 Å². The Labute approximate surface area is 173 Å². The Bertz CT molecular complexity index is 1010. The van der Waals surface area contributed by atoms with Crippen molar-refractivity contribution in [2.24, 2.45) is 10.8 Å². The molecule has 2 aliphatic heterocycles. The SMILES string of the molecule is CN1CNC=C1c1cc(C=NN(C)C(N)=S)nc(Nc2ccc3c(c2)OCO3)n1. The van der Waals surface area contributed by atoms with Crippen molar-refractivity contribution < 1.29 is 9.47 Å². The van der Waals surface area contributed by atoms with Gasteiger partial charge in [0.25, 0.3) is 0 Å². The van der Waals surface area contributed by atoms with Crippen LogP contribution in [0.25, 0.3) is 5.70 Å². The number of rotatable bonds is 5. The van der Waals surface area contributed by atoms with Crippen LogP contribution < -0.4 is 25.8 Å². The van der Waals surface area contributed by atoms with Crippen molar-refractivity contribution in [1.29, 1.82) is 0 Å². The number of nitrogens with two attached hydrogens (primary N) is 1.